The third-order valence-corrected chi connectivity index (χ3v) is 4.86. The molecule has 0 unspecified atom stereocenters. The van der Waals surface area contributed by atoms with Crippen LogP contribution in [0.1, 0.15) is 10.4 Å². The topological polar surface area (TPSA) is 72.7 Å². The maximum Gasteiger partial charge on any atom is 0.471 e. The number of benzene rings is 1. The standard InChI is InChI=1S/C17H11ClF3N3O3S/c1-27-15(25)9-2-7-12-22-13(23-16(26)17(19,20)21)14(24(12)8-9)28-11-5-3-10(18)4-6-11/h2-8H,1H3,(H,23,26). The summed E-state index contributed by atoms with van der Waals surface area (Å²) in [5.74, 6) is -3.06. The summed E-state index contributed by atoms with van der Waals surface area (Å²) >= 11 is 6.90. The maximum absolute atomic E-state index is 12.7. The molecule has 2 heterocycles. The lowest BCUT2D eigenvalue weighted by Crippen LogP contribution is -2.30. The van der Waals surface area contributed by atoms with E-state index in [1.54, 1.807) is 29.6 Å². The number of hydrogen-bond acceptors (Lipinski definition) is 5. The predicted molar refractivity (Wildman–Crippen MR) is 96.8 cm³/mol. The van der Waals surface area contributed by atoms with Crippen molar-refractivity contribution in [1.82, 2.24) is 9.38 Å². The number of esters is 1. The van der Waals surface area contributed by atoms with Crippen molar-refractivity contribution >= 4 is 46.7 Å². The van der Waals surface area contributed by atoms with Crippen molar-refractivity contribution in [2.45, 2.75) is 16.1 Å². The molecule has 0 bridgehead atoms. The van der Waals surface area contributed by atoms with E-state index in [0.29, 0.717) is 9.92 Å². The molecule has 0 aliphatic carbocycles. The molecule has 3 rings (SSSR count). The van der Waals surface area contributed by atoms with E-state index in [2.05, 4.69) is 9.72 Å². The largest absolute Gasteiger partial charge is 0.471 e. The zero-order valence-corrected chi connectivity index (χ0v) is 15.7. The first-order valence-electron chi connectivity index (χ1n) is 7.61. The number of amides is 1. The highest BCUT2D eigenvalue weighted by Gasteiger charge is 2.39. The van der Waals surface area contributed by atoms with Crippen molar-refractivity contribution in [2.75, 3.05) is 12.4 Å². The maximum atomic E-state index is 12.7. The summed E-state index contributed by atoms with van der Waals surface area (Å²) in [6.45, 7) is 0. The molecule has 0 saturated carbocycles. The minimum absolute atomic E-state index is 0.166. The van der Waals surface area contributed by atoms with Gasteiger partial charge in [0.05, 0.1) is 12.7 Å². The van der Waals surface area contributed by atoms with Gasteiger partial charge in [0.2, 0.25) is 0 Å². The molecule has 0 fully saturated rings. The zero-order chi connectivity index (χ0) is 20.5. The molecule has 0 aliphatic heterocycles. The molecule has 0 atom stereocenters. The molecule has 28 heavy (non-hydrogen) atoms. The lowest BCUT2D eigenvalue weighted by Gasteiger charge is -2.09. The van der Waals surface area contributed by atoms with E-state index >= 15 is 0 Å². The number of aromatic nitrogens is 2. The quantitative estimate of drug-likeness (QED) is 0.621. The Morgan fingerprint density at radius 3 is 2.46 bits per heavy atom. The van der Waals surface area contributed by atoms with Gasteiger partial charge in [-0.1, -0.05) is 23.4 Å². The number of hydrogen-bond donors (Lipinski definition) is 1. The van der Waals surface area contributed by atoms with Crippen molar-refractivity contribution in [1.29, 1.82) is 0 Å². The summed E-state index contributed by atoms with van der Waals surface area (Å²) in [6.07, 6.45) is -3.70. The molecule has 0 saturated heterocycles. The van der Waals surface area contributed by atoms with E-state index < -0.39 is 18.1 Å². The SMILES string of the molecule is COC(=O)c1ccc2nc(NC(=O)C(F)(F)F)c(Sc3ccc(Cl)cc3)n2c1. The van der Waals surface area contributed by atoms with Crippen molar-refractivity contribution in [2.24, 2.45) is 0 Å². The summed E-state index contributed by atoms with van der Waals surface area (Å²) in [4.78, 5) is 27.9. The van der Waals surface area contributed by atoms with Gasteiger partial charge in [-0.05, 0) is 36.4 Å². The second-order valence-electron chi connectivity index (χ2n) is 5.41. The molecule has 2 aromatic heterocycles. The second-order valence-corrected chi connectivity index (χ2v) is 6.91. The minimum Gasteiger partial charge on any atom is -0.465 e. The Kier molecular flexibility index (Phi) is 5.52. The van der Waals surface area contributed by atoms with Gasteiger partial charge in [0, 0.05) is 16.1 Å². The molecule has 0 radical (unpaired) electrons. The highest BCUT2D eigenvalue weighted by Crippen LogP contribution is 2.35. The number of rotatable bonds is 4. The van der Waals surface area contributed by atoms with Crippen LogP contribution in [0.25, 0.3) is 5.65 Å². The molecule has 3 aromatic rings. The lowest BCUT2D eigenvalue weighted by atomic mass is 10.3. The number of pyridine rings is 1. The van der Waals surface area contributed by atoms with Crippen LogP contribution < -0.4 is 5.32 Å². The number of fused-ring (bicyclic) bond motifs is 1. The number of methoxy groups -OCH3 is 1. The Hall–Kier alpha value is -2.72. The van der Waals surface area contributed by atoms with Gasteiger partial charge in [0.25, 0.3) is 0 Å². The summed E-state index contributed by atoms with van der Waals surface area (Å²) in [5.41, 5.74) is 0.403. The van der Waals surface area contributed by atoms with Gasteiger partial charge in [-0.3, -0.25) is 9.20 Å². The fourth-order valence-corrected chi connectivity index (χ4v) is 3.29. The van der Waals surface area contributed by atoms with E-state index in [9.17, 15) is 22.8 Å². The number of imidazole rings is 1. The normalized spacial score (nSPS) is 11.5. The molecule has 0 aliphatic rings. The van der Waals surface area contributed by atoms with Gasteiger partial charge in [0.15, 0.2) is 5.82 Å². The average molecular weight is 430 g/mol. The Labute approximate surface area is 165 Å². The molecule has 1 aromatic carbocycles. The Morgan fingerprint density at radius 1 is 1.18 bits per heavy atom. The van der Waals surface area contributed by atoms with Gasteiger partial charge in [-0.25, -0.2) is 9.78 Å². The van der Waals surface area contributed by atoms with Gasteiger partial charge >= 0.3 is 18.1 Å². The fourth-order valence-electron chi connectivity index (χ4n) is 2.23. The van der Waals surface area contributed by atoms with E-state index in [1.807, 2.05) is 0 Å². The van der Waals surface area contributed by atoms with Gasteiger partial charge in [-0.2, -0.15) is 13.2 Å². The fraction of sp³-hybridized carbons (Fsp3) is 0.118. The van der Waals surface area contributed by atoms with E-state index in [1.165, 1.54) is 29.8 Å². The van der Waals surface area contributed by atoms with Crippen LogP contribution in [-0.2, 0) is 9.53 Å². The molecule has 1 N–H and O–H groups in total. The summed E-state index contributed by atoms with van der Waals surface area (Å²) in [6, 6.07) is 9.39. The number of ether oxygens (including phenoxy) is 1. The average Bonchev–Trinajstić information content (AvgIpc) is 2.98. The van der Waals surface area contributed by atoms with Gasteiger partial charge in [0.1, 0.15) is 10.7 Å². The van der Waals surface area contributed by atoms with Crippen LogP contribution in [0.5, 0.6) is 0 Å². The number of carbonyl (C=O) groups is 2. The lowest BCUT2D eigenvalue weighted by molar-refractivity contribution is -0.167. The first-order valence-corrected chi connectivity index (χ1v) is 8.80. The van der Waals surface area contributed by atoms with Crippen LogP contribution in [-0.4, -0.2) is 34.5 Å². The predicted octanol–water partition coefficient (Wildman–Crippen LogP) is 4.43. The number of carbonyl (C=O) groups excluding carboxylic acids is 2. The van der Waals surface area contributed by atoms with E-state index in [4.69, 9.17) is 11.6 Å². The third kappa shape index (κ3) is 4.23. The van der Waals surface area contributed by atoms with Crippen molar-refractivity contribution < 1.29 is 27.5 Å². The highest BCUT2D eigenvalue weighted by atomic mass is 35.5. The Morgan fingerprint density at radius 2 is 1.86 bits per heavy atom. The van der Waals surface area contributed by atoms with Crippen molar-refractivity contribution in [3.63, 3.8) is 0 Å². The minimum atomic E-state index is -5.07. The van der Waals surface area contributed by atoms with Gasteiger partial charge < -0.3 is 10.1 Å². The van der Waals surface area contributed by atoms with Crippen LogP contribution in [0.3, 0.4) is 0 Å². The van der Waals surface area contributed by atoms with Crippen LogP contribution >= 0.6 is 23.4 Å². The number of nitrogens with zero attached hydrogens (tertiary/aromatic N) is 2. The molecule has 146 valence electrons. The zero-order valence-electron chi connectivity index (χ0n) is 14.1. The second kappa shape index (κ2) is 7.72. The molecule has 1 amide bonds. The van der Waals surface area contributed by atoms with Crippen LogP contribution in [0.2, 0.25) is 5.02 Å². The Balaban J connectivity index is 2.10. The van der Waals surface area contributed by atoms with Crippen LogP contribution in [0.4, 0.5) is 19.0 Å². The molecular formula is C17H11ClF3N3O3S. The monoisotopic (exact) mass is 429 g/mol. The van der Waals surface area contributed by atoms with Crippen LogP contribution in [0, 0.1) is 0 Å². The molecule has 6 nitrogen and oxygen atoms in total. The van der Waals surface area contributed by atoms with Crippen molar-refractivity contribution in [3.05, 3.63) is 53.2 Å². The summed E-state index contributed by atoms with van der Waals surface area (Å²) in [7, 11) is 1.21. The Bertz CT molecular complexity index is 1050. The van der Waals surface area contributed by atoms with E-state index in [-0.39, 0.29) is 22.1 Å². The molecular weight excluding hydrogens is 419 g/mol. The van der Waals surface area contributed by atoms with Crippen LogP contribution in [0.15, 0.2) is 52.5 Å². The first-order chi connectivity index (χ1) is 13.2. The highest BCUT2D eigenvalue weighted by molar-refractivity contribution is 7.99. The van der Waals surface area contributed by atoms with Crippen molar-refractivity contribution in [3.8, 4) is 0 Å². The summed E-state index contributed by atoms with van der Waals surface area (Å²) in [5, 5.41) is 2.44. The summed E-state index contributed by atoms with van der Waals surface area (Å²) < 4.78 is 44.1. The third-order valence-electron chi connectivity index (χ3n) is 3.51. The number of nitrogens with one attached hydrogen (secondary N) is 1. The smallest absolute Gasteiger partial charge is 0.465 e. The molecule has 11 heteroatoms. The number of halogens is 4. The number of alkyl halides is 3. The first kappa shape index (κ1) is 20.0. The van der Waals surface area contributed by atoms with Gasteiger partial charge in [-0.15, -0.1) is 0 Å². The number of anilines is 1. The van der Waals surface area contributed by atoms with E-state index in [0.717, 1.165) is 11.8 Å². The molecule has 0 spiro atoms.